The van der Waals surface area contributed by atoms with Crippen molar-refractivity contribution in [1.82, 2.24) is 5.32 Å². The molecule has 1 aliphatic rings. The van der Waals surface area contributed by atoms with Gasteiger partial charge in [-0.15, -0.1) is 13.2 Å². The predicted molar refractivity (Wildman–Crippen MR) is 105 cm³/mol. The van der Waals surface area contributed by atoms with Crippen LogP contribution in [0.3, 0.4) is 0 Å². The van der Waals surface area contributed by atoms with Gasteiger partial charge >= 0.3 is 6.36 Å². The first kappa shape index (κ1) is 19.8. The third-order valence-electron chi connectivity index (χ3n) is 4.74. The van der Waals surface area contributed by atoms with Gasteiger partial charge in [0.1, 0.15) is 11.5 Å². The second kappa shape index (κ2) is 8.10. The van der Waals surface area contributed by atoms with Crippen molar-refractivity contribution in [3.05, 3.63) is 83.9 Å². The maximum Gasteiger partial charge on any atom is 0.573 e. The Hall–Kier alpha value is -3.48. The summed E-state index contributed by atoms with van der Waals surface area (Å²) in [5, 5.41) is 2.85. The van der Waals surface area contributed by atoms with E-state index in [4.69, 9.17) is 4.74 Å². The fourth-order valence-corrected chi connectivity index (χ4v) is 3.32. The number of alkyl halides is 3. The van der Waals surface area contributed by atoms with E-state index in [2.05, 4.69) is 10.1 Å². The summed E-state index contributed by atoms with van der Waals surface area (Å²) in [6.07, 6.45) is -3.75. The van der Waals surface area contributed by atoms with E-state index in [1.165, 1.54) is 24.3 Å². The summed E-state index contributed by atoms with van der Waals surface area (Å²) in [4.78, 5) is 12.6. The lowest BCUT2D eigenvalue weighted by Crippen LogP contribution is -2.43. The summed E-state index contributed by atoms with van der Waals surface area (Å²) in [6.45, 7) is 0. The number of fused-ring (bicyclic) bond motifs is 1. The quantitative estimate of drug-likeness (QED) is 0.615. The number of hydrogen-bond donors (Lipinski definition) is 1. The number of carbonyl (C=O) groups is 1. The van der Waals surface area contributed by atoms with Crippen LogP contribution in [-0.2, 0) is 6.42 Å². The van der Waals surface area contributed by atoms with E-state index in [-0.39, 0.29) is 11.7 Å². The number of halogens is 3. The van der Waals surface area contributed by atoms with Gasteiger partial charge < -0.3 is 14.8 Å². The topological polar surface area (TPSA) is 47.6 Å². The standard InChI is InChI=1S/C23H18F3NO3/c24-23(25,26)30-18-10-7-16(8-11-18)17-9-12-20-19(14-17)22(28)27-21(29-20)13-6-15-4-2-1-3-5-15/h1-5,7-12,14,21H,6,13H2,(H,27,28). The Balaban J connectivity index is 1.46. The first-order valence-corrected chi connectivity index (χ1v) is 9.39. The molecule has 1 N–H and O–H groups in total. The summed E-state index contributed by atoms with van der Waals surface area (Å²) in [6, 6.07) is 20.6. The lowest BCUT2D eigenvalue weighted by Gasteiger charge is -2.27. The summed E-state index contributed by atoms with van der Waals surface area (Å²) < 4.78 is 46.7. The highest BCUT2D eigenvalue weighted by Gasteiger charge is 2.31. The van der Waals surface area contributed by atoms with Crippen LogP contribution in [0.15, 0.2) is 72.8 Å². The molecule has 0 aromatic heterocycles. The Morgan fingerprint density at radius 3 is 2.33 bits per heavy atom. The van der Waals surface area contributed by atoms with Crippen molar-refractivity contribution in [3.63, 3.8) is 0 Å². The van der Waals surface area contributed by atoms with Crippen LogP contribution in [0.25, 0.3) is 11.1 Å². The average molecular weight is 413 g/mol. The van der Waals surface area contributed by atoms with Crippen LogP contribution in [0.2, 0.25) is 0 Å². The molecule has 1 atom stereocenters. The molecule has 0 aliphatic carbocycles. The zero-order chi connectivity index (χ0) is 21.1. The minimum atomic E-state index is -4.74. The SMILES string of the molecule is O=C1NC(CCc2ccccc2)Oc2ccc(-c3ccc(OC(F)(F)F)cc3)cc21. The van der Waals surface area contributed by atoms with Gasteiger partial charge in [-0.2, -0.15) is 0 Å². The molecule has 1 heterocycles. The molecule has 0 spiro atoms. The Kier molecular flexibility index (Phi) is 5.35. The molecular weight excluding hydrogens is 395 g/mol. The van der Waals surface area contributed by atoms with Gasteiger partial charge in [-0.05, 0) is 47.4 Å². The second-order valence-corrected chi connectivity index (χ2v) is 6.89. The van der Waals surface area contributed by atoms with E-state index >= 15 is 0 Å². The molecule has 1 amide bonds. The van der Waals surface area contributed by atoms with Crippen molar-refractivity contribution in [2.45, 2.75) is 25.4 Å². The smallest absolute Gasteiger partial charge is 0.470 e. The lowest BCUT2D eigenvalue weighted by molar-refractivity contribution is -0.274. The normalized spacial score (nSPS) is 15.7. The third-order valence-corrected chi connectivity index (χ3v) is 4.74. The molecular formula is C23H18F3NO3. The fourth-order valence-electron chi connectivity index (χ4n) is 3.32. The van der Waals surface area contributed by atoms with Crippen LogP contribution < -0.4 is 14.8 Å². The molecule has 0 bridgehead atoms. The van der Waals surface area contributed by atoms with E-state index < -0.39 is 12.6 Å². The van der Waals surface area contributed by atoms with E-state index in [0.29, 0.717) is 28.9 Å². The molecule has 7 heteroatoms. The molecule has 0 saturated heterocycles. The van der Waals surface area contributed by atoms with Crippen LogP contribution >= 0.6 is 0 Å². The van der Waals surface area contributed by atoms with Crippen LogP contribution in [0.4, 0.5) is 13.2 Å². The van der Waals surface area contributed by atoms with E-state index in [9.17, 15) is 18.0 Å². The summed E-state index contributed by atoms with van der Waals surface area (Å²) >= 11 is 0. The van der Waals surface area contributed by atoms with Crippen LogP contribution in [0, 0.1) is 0 Å². The van der Waals surface area contributed by atoms with Gasteiger partial charge in [-0.1, -0.05) is 48.5 Å². The zero-order valence-electron chi connectivity index (χ0n) is 15.8. The molecule has 4 nitrogen and oxygen atoms in total. The third kappa shape index (κ3) is 4.74. The number of nitrogens with one attached hydrogen (secondary N) is 1. The fraction of sp³-hybridized carbons (Fsp3) is 0.174. The second-order valence-electron chi connectivity index (χ2n) is 6.89. The molecule has 1 unspecified atom stereocenters. The van der Waals surface area contributed by atoms with Crippen molar-refractivity contribution in [2.75, 3.05) is 0 Å². The van der Waals surface area contributed by atoms with Gasteiger partial charge in [0.05, 0.1) is 5.56 Å². The Labute approximate surface area is 171 Å². The Morgan fingerprint density at radius 2 is 1.63 bits per heavy atom. The first-order chi connectivity index (χ1) is 14.4. The summed E-state index contributed by atoms with van der Waals surface area (Å²) in [7, 11) is 0. The highest BCUT2D eigenvalue weighted by Crippen LogP contribution is 2.31. The van der Waals surface area contributed by atoms with Crippen molar-refractivity contribution < 1.29 is 27.4 Å². The Bertz CT molecular complexity index is 1030. The van der Waals surface area contributed by atoms with Gasteiger partial charge in [-0.25, -0.2) is 0 Å². The maximum absolute atomic E-state index is 12.6. The van der Waals surface area contributed by atoms with Crippen LogP contribution in [0.1, 0.15) is 22.3 Å². The summed E-state index contributed by atoms with van der Waals surface area (Å²) in [5.41, 5.74) is 2.90. The molecule has 154 valence electrons. The number of amides is 1. The molecule has 3 aromatic carbocycles. The minimum Gasteiger partial charge on any atom is -0.470 e. The molecule has 0 saturated carbocycles. The number of ether oxygens (including phenoxy) is 2. The van der Waals surface area contributed by atoms with Gasteiger partial charge in [0.15, 0.2) is 6.23 Å². The van der Waals surface area contributed by atoms with Crippen molar-refractivity contribution in [3.8, 4) is 22.6 Å². The van der Waals surface area contributed by atoms with E-state index in [1.807, 2.05) is 30.3 Å². The highest BCUT2D eigenvalue weighted by atomic mass is 19.4. The average Bonchev–Trinajstić information content (AvgIpc) is 2.72. The van der Waals surface area contributed by atoms with Gasteiger partial charge in [0.25, 0.3) is 5.91 Å². The number of aryl methyl sites for hydroxylation is 1. The molecule has 4 rings (SSSR count). The predicted octanol–water partition coefficient (Wildman–Crippen LogP) is 5.33. The maximum atomic E-state index is 12.6. The van der Waals surface area contributed by atoms with Gasteiger partial charge in [0.2, 0.25) is 0 Å². The van der Waals surface area contributed by atoms with Crippen LogP contribution in [-0.4, -0.2) is 18.5 Å². The Morgan fingerprint density at radius 1 is 0.933 bits per heavy atom. The number of carbonyl (C=O) groups excluding carboxylic acids is 1. The zero-order valence-corrected chi connectivity index (χ0v) is 15.8. The van der Waals surface area contributed by atoms with E-state index in [1.54, 1.807) is 18.2 Å². The number of rotatable bonds is 5. The van der Waals surface area contributed by atoms with Gasteiger partial charge in [0, 0.05) is 6.42 Å². The van der Waals surface area contributed by atoms with Crippen LogP contribution in [0.5, 0.6) is 11.5 Å². The molecule has 30 heavy (non-hydrogen) atoms. The minimum absolute atomic E-state index is 0.242. The molecule has 1 aliphatic heterocycles. The largest absolute Gasteiger partial charge is 0.573 e. The lowest BCUT2D eigenvalue weighted by atomic mass is 10.0. The molecule has 0 fully saturated rings. The molecule has 3 aromatic rings. The van der Waals surface area contributed by atoms with Crippen molar-refractivity contribution in [2.24, 2.45) is 0 Å². The van der Waals surface area contributed by atoms with Crippen molar-refractivity contribution in [1.29, 1.82) is 0 Å². The monoisotopic (exact) mass is 413 g/mol. The number of benzene rings is 3. The van der Waals surface area contributed by atoms with E-state index in [0.717, 1.165) is 12.0 Å². The highest BCUT2D eigenvalue weighted by molar-refractivity contribution is 5.99. The van der Waals surface area contributed by atoms with Crippen molar-refractivity contribution >= 4 is 5.91 Å². The summed E-state index contributed by atoms with van der Waals surface area (Å²) in [5.74, 6) is -0.0580. The first-order valence-electron chi connectivity index (χ1n) is 9.39. The molecule has 0 radical (unpaired) electrons. The number of hydrogen-bond acceptors (Lipinski definition) is 3. The van der Waals surface area contributed by atoms with Gasteiger partial charge in [-0.3, -0.25) is 4.79 Å².